The molecule has 1 saturated heterocycles. The molecule has 102 valence electrons. The molecule has 1 fully saturated rings. The van der Waals surface area contributed by atoms with Crippen LogP contribution in [-0.4, -0.2) is 67.0 Å². The Morgan fingerprint density at radius 2 is 1.67 bits per heavy atom. The highest BCUT2D eigenvalue weighted by atomic mass is 16.5. The average molecular weight is 257 g/mol. The van der Waals surface area contributed by atoms with Gasteiger partial charge in [0.25, 0.3) is 0 Å². The fraction of sp³-hybridized carbons (Fsp3) is 0.727. The number of amides is 3. The molecule has 0 bridgehead atoms. The van der Waals surface area contributed by atoms with Crippen molar-refractivity contribution in [2.75, 3.05) is 39.3 Å². The van der Waals surface area contributed by atoms with Gasteiger partial charge in [-0.3, -0.25) is 9.59 Å². The third-order valence-electron chi connectivity index (χ3n) is 2.74. The highest BCUT2D eigenvalue weighted by molar-refractivity contribution is 5.82. The number of hydrogen-bond donors (Lipinski definition) is 1. The molecule has 0 atom stereocenters. The van der Waals surface area contributed by atoms with E-state index < -0.39 is 6.09 Å². The summed E-state index contributed by atoms with van der Waals surface area (Å²) in [7, 11) is 0. The van der Waals surface area contributed by atoms with Crippen molar-refractivity contribution >= 4 is 17.9 Å². The summed E-state index contributed by atoms with van der Waals surface area (Å²) in [5.74, 6) is -0.141. The van der Waals surface area contributed by atoms with Crippen LogP contribution < -0.4 is 5.32 Å². The lowest BCUT2D eigenvalue weighted by molar-refractivity contribution is -0.137. The van der Waals surface area contributed by atoms with Crippen LogP contribution in [0.25, 0.3) is 0 Å². The number of carbonyl (C=O) groups is 3. The van der Waals surface area contributed by atoms with Crippen molar-refractivity contribution in [3.8, 4) is 0 Å². The third kappa shape index (κ3) is 4.23. The number of nitrogens with one attached hydrogen (secondary N) is 1. The maximum absolute atomic E-state index is 11.7. The van der Waals surface area contributed by atoms with Crippen molar-refractivity contribution in [2.45, 2.75) is 13.8 Å². The van der Waals surface area contributed by atoms with Gasteiger partial charge in [0, 0.05) is 33.1 Å². The van der Waals surface area contributed by atoms with Gasteiger partial charge in [0.05, 0.1) is 6.61 Å². The Morgan fingerprint density at radius 3 is 2.17 bits per heavy atom. The minimum absolute atomic E-state index is 0.0201. The molecule has 7 nitrogen and oxygen atoms in total. The highest BCUT2D eigenvalue weighted by Crippen LogP contribution is 2.02. The second-order valence-corrected chi connectivity index (χ2v) is 3.96. The summed E-state index contributed by atoms with van der Waals surface area (Å²) in [6.07, 6.45) is -0.590. The van der Waals surface area contributed by atoms with E-state index in [4.69, 9.17) is 0 Å². The van der Waals surface area contributed by atoms with Gasteiger partial charge < -0.3 is 19.9 Å². The number of ether oxygens (including phenoxy) is 1. The maximum atomic E-state index is 11.7. The second-order valence-electron chi connectivity index (χ2n) is 3.96. The van der Waals surface area contributed by atoms with Gasteiger partial charge in [-0.25, -0.2) is 4.79 Å². The number of rotatable bonds is 3. The van der Waals surface area contributed by atoms with Crippen LogP contribution in [0.5, 0.6) is 0 Å². The van der Waals surface area contributed by atoms with Crippen LogP contribution in [0, 0.1) is 0 Å². The Balaban J connectivity index is 2.28. The lowest BCUT2D eigenvalue weighted by atomic mass is 10.3. The molecule has 0 aromatic rings. The number of nitrogens with zero attached hydrogens (tertiary/aromatic N) is 2. The van der Waals surface area contributed by atoms with E-state index in [-0.39, 0.29) is 25.0 Å². The van der Waals surface area contributed by atoms with E-state index in [1.807, 2.05) is 0 Å². The second kappa shape index (κ2) is 6.83. The molecule has 7 heteroatoms. The van der Waals surface area contributed by atoms with Crippen LogP contribution >= 0.6 is 0 Å². The van der Waals surface area contributed by atoms with Crippen molar-refractivity contribution in [3.05, 3.63) is 0 Å². The van der Waals surface area contributed by atoms with Gasteiger partial charge in [0.2, 0.25) is 11.8 Å². The van der Waals surface area contributed by atoms with E-state index >= 15 is 0 Å². The SMILES string of the molecule is CCOC(=O)NCC(=O)N1CCN(C(C)=O)CC1. The van der Waals surface area contributed by atoms with E-state index in [2.05, 4.69) is 10.1 Å². The molecule has 0 aliphatic carbocycles. The molecule has 1 aliphatic rings. The van der Waals surface area contributed by atoms with Gasteiger partial charge in [-0.15, -0.1) is 0 Å². The Bertz CT molecular complexity index is 324. The summed E-state index contributed by atoms with van der Waals surface area (Å²) in [6, 6.07) is 0. The summed E-state index contributed by atoms with van der Waals surface area (Å²) in [5.41, 5.74) is 0. The van der Waals surface area contributed by atoms with Crippen molar-refractivity contribution in [1.29, 1.82) is 0 Å². The van der Waals surface area contributed by atoms with Crippen molar-refractivity contribution in [2.24, 2.45) is 0 Å². The number of alkyl carbamates (subject to hydrolysis) is 1. The fourth-order valence-electron chi connectivity index (χ4n) is 1.71. The van der Waals surface area contributed by atoms with E-state index in [0.29, 0.717) is 26.2 Å². The van der Waals surface area contributed by atoms with Gasteiger partial charge in [-0.1, -0.05) is 0 Å². The Kier molecular flexibility index (Phi) is 5.41. The van der Waals surface area contributed by atoms with Crippen LogP contribution in [0.1, 0.15) is 13.8 Å². The summed E-state index contributed by atoms with van der Waals surface area (Å²) in [4.78, 5) is 37.2. The summed E-state index contributed by atoms with van der Waals surface area (Å²) < 4.78 is 4.65. The van der Waals surface area contributed by atoms with Gasteiger partial charge >= 0.3 is 6.09 Å². The molecule has 0 aromatic carbocycles. The quantitative estimate of drug-likeness (QED) is 0.734. The van der Waals surface area contributed by atoms with E-state index in [9.17, 15) is 14.4 Å². The molecule has 18 heavy (non-hydrogen) atoms. The lowest BCUT2D eigenvalue weighted by Crippen LogP contribution is -2.52. The molecule has 1 N–H and O–H groups in total. The van der Waals surface area contributed by atoms with Gasteiger partial charge in [-0.05, 0) is 6.92 Å². The van der Waals surface area contributed by atoms with E-state index in [0.717, 1.165) is 0 Å². The molecule has 0 aromatic heterocycles. The van der Waals surface area contributed by atoms with E-state index in [1.54, 1.807) is 16.7 Å². The minimum Gasteiger partial charge on any atom is -0.450 e. The third-order valence-corrected chi connectivity index (χ3v) is 2.74. The van der Waals surface area contributed by atoms with Crippen molar-refractivity contribution in [3.63, 3.8) is 0 Å². The molecule has 0 saturated carbocycles. The van der Waals surface area contributed by atoms with E-state index in [1.165, 1.54) is 6.92 Å². The summed E-state index contributed by atoms with van der Waals surface area (Å²) in [5, 5.41) is 2.38. The lowest BCUT2D eigenvalue weighted by Gasteiger charge is -2.34. The van der Waals surface area contributed by atoms with Crippen molar-refractivity contribution < 1.29 is 19.1 Å². The first-order valence-corrected chi connectivity index (χ1v) is 5.98. The Hall–Kier alpha value is -1.79. The van der Waals surface area contributed by atoms with Crippen LogP contribution in [-0.2, 0) is 14.3 Å². The molecule has 1 aliphatic heterocycles. The minimum atomic E-state index is -0.590. The molecule has 0 radical (unpaired) electrons. The Morgan fingerprint density at radius 1 is 1.11 bits per heavy atom. The standard InChI is InChI=1S/C11H19N3O4/c1-3-18-11(17)12-8-10(16)14-6-4-13(5-7-14)9(2)15/h3-8H2,1-2H3,(H,12,17). The zero-order valence-electron chi connectivity index (χ0n) is 10.8. The van der Waals surface area contributed by atoms with Gasteiger partial charge in [0.1, 0.15) is 6.54 Å². The zero-order chi connectivity index (χ0) is 13.5. The van der Waals surface area contributed by atoms with Crippen LogP contribution in [0.4, 0.5) is 4.79 Å². The molecular formula is C11H19N3O4. The van der Waals surface area contributed by atoms with Crippen LogP contribution in [0.15, 0.2) is 0 Å². The average Bonchev–Trinajstić information content (AvgIpc) is 2.36. The fourth-order valence-corrected chi connectivity index (χ4v) is 1.71. The number of piperazine rings is 1. The number of hydrogen-bond acceptors (Lipinski definition) is 4. The predicted molar refractivity (Wildman–Crippen MR) is 63.9 cm³/mol. The molecule has 0 spiro atoms. The first-order valence-electron chi connectivity index (χ1n) is 5.98. The predicted octanol–water partition coefficient (Wildman–Crippen LogP) is -0.577. The van der Waals surface area contributed by atoms with Gasteiger partial charge in [-0.2, -0.15) is 0 Å². The molecule has 0 unspecified atom stereocenters. The maximum Gasteiger partial charge on any atom is 0.407 e. The molecular weight excluding hydrogens is 238 g/mol. The topological polar surface area (TPSA) is 79.0 Å². The number of carbonyl (C=O) groups excluding carboxylic acids is 3. The molecule has 1 rings (SSSR count). The van der Waals surface area contributed by atoms with Crippen molar-refractivity contribution in [1.82, 2.24) is 15.1 Å². The van der Waals surface area contributed by atoms with Crippen LogP contribution in [0.2, 0.25) is 0 Å². The Labute approximate surface area is 106 Å². The molecule has 3 amide bonds. The highest BCUT2D eigenvalue weighted by Gasteiger charge is 2.22. The largest absolute Gasteiger partial charge is 0.450 e. The van der Waals surface area contributed by atoms with Gasteiger partial charge in [0.15, 0.2) is 0 Å². The first kappa shape index (κ1) is 14.3. The smallest absolute Gasteiger partial charge is 0.407 e. The van der Waals surface area contributed by atoms with Crippen LogP contribution in [0.3, 0.4) is 0 Å². The molecule has 1 heterocycles. The zero-order valence-corrected chi connectivity index (χ0v) is 10.8. The first-order chi connectivity index (χ1) is 8.54. The summed E-state index contributed by atoms with van der Waals surface area (Å²) >= 11 is 0. The summed E-state index contributed by atoms with van der Waals surface area (Å²) in [6.45, 7) is 5.51. The normalized spacial score (nSPS) is 15.2. The monoisotopic (exact) mass is 257 g/mol.